The summed E-state index contributed by atoms with van der Waals surface area (Å²) in [4.78, 5) is 11.3. The Morgan fingerprint density at radius 2 is 2.06 bits per heavy atom. The Morgan fingerprint density at radius 3 is 2.62 bits per heavy atom. The van der Waals surface area contributed by atoms with Crippen LogP contribution in [0.1, 0.15) is 18.6 Å². The average Bonchev–Trinajstić information content (AvgIpc) is 3.09. The average molecular weight is 222 g/mol. The van der Waals surface area contributed by atoms with Crippen molar-refractivity contribution in [1.82, 2.24) is 0 Å². The molecule has 4 heteroatoms. The van der Waals surface area contributed by atoms with Crippen molar-refractivity contribution in [2.24, 2.45) is 0 Å². The first-order valence-corrected chi connectivity index (χ1v) is 5.22. The van der Waals surface area contributed by atoms with E-state index in [4.69, 9.17) is 14.2 Å². The Labute approximate surface area is 94.1 Å². The number of epoxide rings is 1. The number of hydrogen-bond acceptors (Lipinski definition) is 4. The number of esters is 1. The minimum atomic E-state index is -0.437. The fraction of sp³-hybridized carbons (Fsp3) is 0.417. The van der Waals surface area contributed by atoms with Gasteiger partial charge in [0.05, 0.1) is 13.7 Å². The summed E-state index contributed by atoms with van der Waals surface area (Å²) in [6, 6.07) is 7.48. The monoisotopic (exact) mass is 222 g/mol. The molecule has 0 amide bonds. The molecule has 2 rings (SSSR count). The molecule has 0 bridgehead atoms. The number of hydrogen-bond donors (Lipinski definition) is 0. The van der Waals surface area contributed by atoms with Gasteiger partial charge in [-0.2, -0.15) is 0 Å². The lowest BCUT2D eigenvalue weighted by Gasteiger charge is -2.00. The molecule has 1 saturated heterocycles. The number of rotatable bonds is 4. The molecule has 16 heavy (non-hydrogen) atoms. The topological polar surface area (TPSA) is 48.1 Å². The molecule has 1 fully saturated rings. The van der Waals surface area contributed by atoms with E-state index >= 15 is 0 Å². The summed E-state index contributed by atoms with van der Waals surface area (Å²) >= 11 is 0. The van der Waals surface area contributed by atoms with Gasteiger partial charge in [0.2, 0.25) is 0 Å². The van der Waals surface area contributed by atoms with Crippen molar-refractivity contribution in [2.75, 3.05) is 13.7 Å². The van der Waals surface area contributed by atoms with Gasteiger partial charge in [0.15, 0.2) is 6.10 Å². The highest BCUT2D eigenvalue weighted by atomic mass is 16.6. The highest BCUT2D eigenvalue weighted by Crippen LogP contribution is 2.39. The normalized spacial score (nSPS) is 22.6. The predicted octanol–water partition coefficient (Wildman–Crippen LogP) is 1.70. The van der Waals surface area contributed by atoms with E-state index in [9.17, 15) is 4.79 Å². The maximum Gasteiger partial charge on any atom is 0.338 e. The van der Waals surface area contributed by atoms with Gasteiger partial charge in [0, 0.05) is 0 Å². The van der Waals surface area contributed by atoms with Crippen LogP contribution in [0.25, 0.3) is 0 Å². The third kappa shape index (κ3) is 2.17. The van der Waals surface area contributed by atoms with Gasteiger partial charge in [0.25, 0.3) is 0 Å². The lowest BCUT2D eigenvalue weighted by Crippen LogP contribution is -2.11. The van der Waals surface area contributed by atoms with Crippen LogP contribution in [0, 0.1) is 0 Å². The molecular weight excluding hydrogens is 208 g/mol. The van der Waals surface area contributed by atoms with Gasteiger partial charge in [0.1, 0.15) is 11.9 Å². The SMILES string of the molecule is CCOC(=O)[C@@H]1O[C@@H]1c1ccc(OC)cc1. The van der Waals surface area contributed by atoms with Gasteiger partial charge in [-0.1, -0.05) is 12.1 Å². The van der Waals surface area contributed by atoms with Crippen LogP contribution >= 0.6 is 0 Å². The van der Waals surface area contributed by atoms with E-state index < -0.39 is 6.10 Å². The molecule has 0 unspecified atom stereocenters. The van der Waals surface area contributed by atoms with Gasteiger partial charge in [-0.15, -0.1) is 0 Å². The van der Waals surface area contributed by atoms with Crippen LogP contribution < -0.4 is 4.74 Å². The molecule has 1 aliphatic heterocycles. The third-order valence-corrected chi connectivity index (χ3v) is 2.45. The van der Waals surface area contributed by atoms with Gasteiger partial charge in [-0.3, -0.25) is 0 Å². The second-order valence-electron chi connectivity index (χ2n) is 3.50. The zero-order valence-corrected chi connectivity index (χ0v) is 9.30. The maximum absolute atomic E-state index is 11.3. The van der Waals surface area contributed by atoms with Crippen molar-refractivity contribution in [3.05, 3.63) is 29.8 Å². The zero-order valence-electron chi connectivity index (χ0n) is 9.30. The fourth-order valence-corrected chi connectivity index (χ4v) is 1.56. The van der Waals surface area contributed by atoms with Gasteiger partial charge >= 0.3 is 5.97 Å². The number of carbonyl (C=O) groups excluding carboxylic acids is 1. The molecule has 4 nitrogen and oxygen atoms in total. The summed E-state index contributed by atoms with van der Waals surface area (Å²) in [5.41, 5.74) is 0.971. The summed E-state index contributed by atoms with van der Waals surface area (Å²) in [5.74, 6) is 0.500. The van der Waals surface area contributed by atoms with Crippen LogP contribution in [-0.2, 0) is 14.3 Å². The number of carbonyl (C=O) groups is 1. The number of methoxy groups -OCH3 is 1. The van der Waals surface area contributed by atoms with Crippen LogP contribution in [0.5, 0.6) is 5.75 Å². The molecule has 0 aliphatic carbocycles. The molecule has 1 aromatic carbocycles. The molecule has 0 aromatic heterocycles. The molecule has 1 heterocycles. The second kappa shape index (κ2) is 4.53. The van der Waals surface area contributed by atoms with Crippen LogP contribution in [0.4, 0.5) is 0 Å². The largest absolute Gasteiger partial charge is 0.497 e. The highest BCUT2D eigenvalue weighted by molar-refractivity contribution is 5.78. The van der Waals surface area contributed by atoms with E-state index in [2.05, 4.69) is 0 Å². The maximum atomic E-state index is 11.3. The summed E-state index contributed by atoms with van der Waals surface area (Å²) in [5, 5.41) is 0. The van der Waals surface area contributed by atoms with Crippen LogP contribution in [0.15, 0.2) is 24.3 Å². The predicted molar refractivity (Wildman–Crippen MR) is 57.2 cm³/mol. The molecule has 0 radical (unpaired) electrons. The molecular formula is C12H14O4. The molecule has 1 aliphatic rings. The molecule has 0 spiro atoms. The lowest BCUT2D eigenvalue weighted by atomic mass is 10.1. The number of ether oxygens (including phenoxy) is 3. The molecule has 2 atom stereocenters. The van der Waals surface area contributed by atoms with Crippen molar-refractivity contribution in [3.8, 4) is 5.75 Å². The highest BCUT2D eigenvalue weighted by Gasteiger charge is 2.47. The Balaban J connectivity index is 1.97. The fourth-order valence-electron chi connectivity index (χ4n) is 1.56. The van der Waals surface area contributed by atoms with Crippen molar-refractivity contribution in [2.45, 2.75) is 19.1 Å². The minimum Gasteiger partial charge on any atom is -0.497 e. The summed E-state index contributed by atoms with van der Waals surface area (Å²) in [6.45, 7) is 2.16. The summed E-state index contributed by atoms with van der Waals surface area (Å²) < 4.78 is 15.2. The quantitative estimate of drug-likeness (QED) is 0.574. The van der Waals surface area contributed by atoms with Gasteiger partial charge < -0.3 is 14.2 Å². The zero-order chi connectivity index (χ0) is 11.5. The first-order valence-electron chi connectivity index (χ1n) is 5.22. The Morgan fingerprint density at radius 1 is 1.38 bits per heavy atom. The van der Waals surface area contributed by atoms with Gasteiger partial charge in [-0.25, -0.2) is 4.79 Å². The molecule has 0 N–H and O–H groups in total. The number of benzene rings is 1. The van der Waals surface area contributed by atoms with Crippen LogP contribution in [0.3, 0.4) is 0 Å². The standard InChI is InChI=1S/C12H14O4/c1-3-15-12(13)11-10(16-11)8-4-6-9(14-2)7-5-8/h4-7,10-11H,3H2,1-2H3/t10-,11-/m1/s1. The van der Waals surface area contributed by atoms with Crippen molar-refractivity contribution in [3.63, 3.8) is 0 Å². The van der Waals surface area contributed by atoms with E-state index in [0.29, 0.717) is 6.61 Å². The third-order valence-electron chi connectivity index (χ3n) is 2.45. The van der Waals surface area contributed by atoms with E-state index in [1.165, 1.54) is 0 Å². The van der Waals surface area contributed by atoms with E-state index in [-0.39, 0.29) is 12.1 Å². The smallest absolute Gasteiger partial charge is 0.338 e. The van der Waals surface area contributed by atoms with E-state index in [1.54, 1.807) is 14.0 Å². The van der Waals surface area contributed by atoms with Crippen molar-refractivity contribution >= 4 is 5.97 Å². The molecule has 86 valence electrons. The Kier molecular flexibility index (Phi) is 3.10. The van der Waals surface area contributed by atoms with E-state index in [1.807, 2.05) is 24.3 Å². The van der Waals surface area contributed by atoms with Crippen molar-refractivity contribution < 1.29 is 19.0 Å². The molecule has 1 aromatic rings. The Bertz CT molecular complexity index is 371. The lowest BCUT2D eigenvalue weighted by molar-refractivity contribution is -0.144. The second-order valence-corrected chi connectivity index (χ2v) is 3.50. The van der Waals surface area contributed by atoms with Crippen LogP contribution in [0.2, 0.25) is 0 Å². The first kappa shape index (κ1) is 11.0. The van der Waals surface area contributed by atoms with Gasteiger partial charge in [-0.05, 0) is 24.6 Å². The first-order chi connectivity index (χ1) is 7.76. The summed E-state index contributed by atoms with van der Waals surface area (Å²) in [7, 11) is 1.62. The van der Waals surface area contributed by atoms with Crippen LogP contribution in [-0.4, -0.2) is 25.8 Å². The summed E-state index contributed by atoms with van der Waals surface area (Å²) in [6.07, 6.45) is -0.599. The molecule has 0 saturated carbocycles. The minimum absolute atomic E-state index is 0.162. The van der Waals surface area contributed by atoms with E-state index in [0.717, 1.165) is 11.3 Å². The Hall–Kier alpha value is -1.55. The van der Waals surface area contributed by atoms with Crippen molar-refractivity contribution in [1.29, 1.82) is 0 Å².